The molecule has 1 fully saturated rings. The molecule has 0 radical (unpaired) electrons. The number of allylic oxidation sites excluding steroid dienone is 2. The van der Waals surface area contributed by atoms with Gasteiger partial charge in [-0.1, -0.05) is 31.5 Å². The van der Waals surface area contributed by atoms with Crippen molar-refractivity contribution in [1.82, 2.24) is 0 Å². The zero-order valence-electron chi connectivity index (χ0n) is 15.4. The third kappa shape index (κ3) is 3.04. The number of benzene rings is 1. The lowest BCUT2D eigenvalue weighted by Gasteiger charge is -2.19. The van der Waals surface area contributed by atoms with Crippen molar-refractivity contribution >= 4 is 17.1 Å². The van der Waals surface area contributed by atoms with E-state index in [-0.39, 0.29) is 29.8 Å². The minimum atomic E-state index is -1.01. The highest BCUT2D eigenvalue weighted by Gasteiger charge is 2.50. The van der Waals surface area contributed by atoms with Crippen molar-refractivity contribution in [3.8, 4) is 0 Å². The van der Waals surface area contributed by atoms with Gasteiger partial charge in [0.25, 0.3) is 0 Å². The van der Waals surface area contributed by atoms with Gasteiger partial charge < -0.3 is 9.84 Å². The standard InChI is InChI=1S/C21H26O4/c1-5-13-7-11(3)8-14(6-2)18(13)19-20(24)16-9-15(23)10-17(16)21(19)25-12(4)22/h7-8,12,16-17,22H,5-6,9-10H2,1-4H3. The summed E-state index contributed by atoms with van der Waals surface area (Å²) in [7, 11) is 0. The molecule has 0 bridgehead atoms. The molecular formula is C21H26O4. The molecule has 4 nitrogen and oxygen atoms in total. The first-order chi connectivity index (χ1) is 11.9. The molecule has 4 heteroatoms. The van der Waals surface area contributed by atoms with E-state index in [0.717, 1.165) is 29.5 Å². The SMILES string of the molecule is CCc1cc(C)cc(CC)c1C1=C(OC(C)O)C2CC(=O)CC2C1=O. The van der Waals surface area contributed by atoms with Crippen LogP contribution in [0.25, 0.3) is 5.57 Å². The molecule has 0 spiro atoms. The van der Waals surface area contributed by atoms with Gasteiger partial charge >= 0.3 is 0 Å². The van der Waals surface area contributed by atoms with Crippen molar-refractivity contribution in [1.29, 1.82) is 0 Å². The molecule has 1 N–H and O–H groups in total. The van der Waals surface area contributed by atoms with Crippen molar-refractivity contribution in [2.24, 2.45) is 11.8 Å². The molecule has 0 heterocycles. The number of aryl methyl sites for hydroxylation is 3. The van der Waals surface area contributed by atoms with Crippen LogP contribution < -0.4 is 0 Å². The number of ether oxygens (including phenoxy) is 1. The molecule has 134 valence electrons. The summed E-state index contributed by atoms with van der Waals surface area (Å²) in [6.07, 6.45) is 1.24. The van der Waals surface area contributed by atoms with Gasteiger partial charge in [-0.05, 0) is 43.4 Å². The van der Waals surface area contributed by atoms with Gasteiger partial charge in [-0.3, -0.25) is 9.59 Å². The molecule has 3 atom stereocenters. The number of Topliss-reactive ketones (excluding diaryl/α,β-unsaturated/α-hetero) is 2. The maximum Gasteiger partial charge on any atom is 0.194 e. The number of hydrogen-bond donors (Lipinski definition) is 1. The molecule has 3 unspecified atom stereocenters. The molecule has 1 aromatic rings. The van der Waals surface area contributed by atoms with E-state index in [0.29, 0.717) is 17.8 Å². The first-order valence-corrected chi connectivity index (χ1v) is 9.14. The molecule has 2 aliphatic rings. The van der Waals surface area contributed by atoms with E-state index in [1.807, 2.05) is 0 Å². The van der Waals surface area contributed by atoms with Gasteiger partial charge in [-0.15, -0.1) is 0 Å². The van der Waals surface area contributed by atoms with Gasteiger partial charge in [0.2, 0.25) is 0 Å². The zero-order chi connectivity index (χ0) is 18.3. The highest BCUT2D eigenvalue weighted by atomic mass is 16.6. The average Bonchev–Trinajstić information content (AvgIpc) is 3.04. The van der Waals surface area contributed by atoms with Crippen molar-refractivity contribution in [3.05, 3.63) is 40.1 Å². The van der Waals surface area contributed by atoms with Crippen LogP contribution >= 0.6 is 0 Å². The van der Waals surface area contributed by atoms with E-state index in [2.05, 4.69) is 32.9 Å². The molecule has 1 aromatic carbocycles. The number of hydrogen-bond acceptors (Lipinski definition) is 4. The highest BCUT2D eigenvalue weighted by Crippen LogP contribution is 2.49. The van der Waals surface area contributed by atoms with Crippen LogP contribution in [0.4, 0.5) is 0 Å². The predicted octanol–water partition coefficient (Wildman–Crippen LogP) is 3.36. The molecule has 2 aliphatic carbocycles. The van der Waals surface area contributed by atoms with E-state index in [9.17, 15) is 14.7 Å². The lowest BCUT2D eigenvalue weighted by molar-refractivity contribution is -0.121. The largest absolute Gasteiger partial charge is 0.469 e. The summed E-state index contributed by atoms with van der Waals surface area (Å²) in [5.74, 6) is 0.0700. The van der Waals surface area contributed by atoms with Crippen molar-refractivity contribution in [2.45, 2.75) is 59.7 Å². The fourth-order valence-corrected chi connectivity index (χ4v) is 4.30. The fraction of sp³-hybridized carbons (Fsp3) is 0.524. The second kappa shape index (κ2) is 6.75. The predicted molar refractivity (Wildman–Crippen MR) is 95.8 cm³/mol. The summed E-state index contributed by atoms with van der Waals surface area (Å²) in [4.78, 5) is 25.0. The Balaban J connectivity index is 2.24. The zero-order valence-corrected chi connectivity index (χ0v) is 15.4. The van der Waals surface area contributed by atoms with E-state index >= 15 is 0 Å². The fourth-order valence-electron chi connectivity index (χ4n) is 4.30. The van der Waals surface area contributed by atoms with Crippen LogP contribution in [0.3, 0.4) is 0 Å². The van der Waals surface area contributed by atoms with Gasteiger partial charge in [-0.2, -0.15) is 0 Å². The summed E-state index contributed by atoms with van der Waals surface area (Å²) in [6.45, 7) is 7.76. The third-order valence-electron chi connectivity index (χ3n) is 5.30. The molecule has 1 saturated carbocycles. The van der Waals surface area contributed by atoms with Crippen LogP contribution in [0.5, 0.6) is 0 Å². The molecule has 0 aromatic heterocycles. The Labute approximate surface area is 148 Å². The molecule has 0 saturated heterocycles. The lowest BCUT2D eigenvalue weighted by atomic mass is 9.87. The van der Waals surface area contributed by atoms with Crippen molar-refractivity contribution in [3.63, 3.8) is 0 Å². The second-order valence-electron chi connectivity index (χ2n) is 7.15. The second-order valence-corrected chi connectivity index (χ2v) is 7.15. The summed E-state index contributed by atoms with van der Waals surface area (Å²) < 4.78 is 5.70. The summed E-state index contributed by atoms with van der Waals surface area (Å²) >= 11 is 0. The summed E-state index contributed by atoms with van der Waals surface area (Å²) in [5.41, 5.74) is 4.98. The Bertz CT molecular complexity index is 732. The molecule has 3 rings (SSSR count). The maximum atomic E-state index is 13.2. The highest BCUT2D eigenvalue weighted by molar-refractivity contribution is 6.27. The number of aliphatic hydroxyl groups excluding tert-OH is 1. The summed E-state index contributed by atoms with van der Waals surface area (Å²) in [6, 6.07) is 4.24. The van der Waals surface area contributed by atoms with Crippen LogP contribution in [-0.4, -0.2) is 23.0 Å². The van der Waals surface area contributed by atoms with Gasteiger partial charge in [0.05, 0.1) is 5.57 Å². The quantitative estimate of drug-likeness (QED) is 0.834. The average molecular weight is 342 g/mol. The Hall–Kier alpha value is -1.94. The van der Waals surface area contributed by atoms with E-state index < -0.39 is 6.29 Å². The Morgan fingerprint density at radius 1 is 1.12 bits per heavy atom. The molecule has 25 heavy (non-hydrogen) atoms. The van der Waals surface area contributed by atoms with Crippen molar-refractivity contribution in [2.75, 3.05) is 0 Å². The van der Waals surface area contributed by atoms with Crippen molar-refractivity contribution < 1.29 is 19.4 Å². The van der Waals surface area contributed by atoms with Crippen LogP contribution in [-0.2, 0) is 27.2 Å². The number of fused-ring (bicyclic) bond motifs is 1. The van der Waals surface area contributed by atoms with E-state index in [1.54, 1.807) is 0 Å². The normalized spacial score (nSPS) is 24.0. The van der Waals surface area contributed by atoms with Crippen LogP contribution in [0.15, 0.2) is 17.9 Å². The monoisotopic (exact) mass is 342 g/mol. The Kier molecular flexibility index (Phi) is 4.83. The number of carbonyl (C=O) groups is 2. The number of rotatable bonds is 5. The molecule has 0 amide bonds. The van der Waals surface area contributed by atoms with Gasteiger partial charge in [0.15, 0.2) is 12.1 Å². The molecule has 0 aliphatic heterocycles. The van der Waals surface area contributed by atoms with Gasteiger partial charge in [0, 0.05) is 24.7 Å². The topological polar surface area (TPSA) is 63.6 Å². The first-order valence-electron chi connectivity index (χ1n) is 9.14. The number of aliphatic hydroxyl groups is 1. The van der Waals surface area contributed by atoms with E-state index in [4.69, 9.17) is 4.74 Å². The van der Waals surface area contributed by atoms with Gasteiger partial charge in [-0.25, -0.2) is 0 Å². The van der Waals surface area contributed by atoms with Gasteiger partial charge in [0.1, 0.15) is 11.5 Å². The lowest BCUT2D eigenvalue weighted by Crippen LogP contribution is -2.14. The number of carbonyl (C=O) groups excluding carboxylic acids is 2. The van der Waals surface area contributed by atoms with Crippen LogP contribution in [0.1, 0.15) is 55.9 Å². The Morgan fingerprint density at radius 3 is 2.20 bits per heavy atom. The number of ketones is 2. The van der Waals surface area contributed by atoms with Crippen LogP contribution in [0.2, 0.25) is 0 Å². The molecular weight excluding hydrogens is 316 g/mol. The minimum absolute atomic E-state index is 0.000229. The van der Waals surface area contributed by atoms with E-state index in [1.165, 1.54) is 12.5 Å². The third-order valence-corrected chi connectivity index (χ3v) is 5.30. The Morgan fingerprint density at radius 2 is 1.68 bits per heavy atom. The summed E-state index contributed by atoms with van der Waals surface area (Å²) in [5, 5.41) is 9.79. The minimum Gasteiger partial charge on any atom is -0.469 e. The van der Waals surface area contributed by atoms with Crippen LogP contribution in [0, 0.1) is 18.8 Å². The maximum absolute atomic E-state index is 13.2. The first kappa shape index (κ1) is 17.9. The smallest absolute Gasteiger partial charge is 0.194 e.